The monoisotopic (exact) mass is 383 g/mol. The summed E-state index contributed by atoms with van der Waals surface area (Å²) in [6, 6.07) is 8.31. The molecule has 0 aliphatic heterocycles. The molecule has 1 atom stereocenters. The van der Waals surface area contributed by atoms with E-state index in [-0.39, 0.29) is 17.5 Å². The number of rotatable bonds is 11. The van der Waals surface area contributed by atoms with Crippen molar-refractivity contribution in [3.63, 3.8) is 0 Å². The van der Waals surface area contributed by atoms with Crippen molar-refractivity contribution in [2.75, 3.05) is 19.8 Å². The number of benzene rings is 1. The van der Waals surface area contributed by atoms with Crippen LogP contribution in [0.4, 0.5) is 0 Å². The van der Waals surface area contributed by atoms with Crippen LogP contribution in [0, 0.1) is 11.3 Å². The second-order valence-electron chi connectivity index (χ2n) is 7.37. The van der Waals surface area contributed by atoms with Gasteiger partial charge >= 0.3 is 0 Å². The quantitative estimate of drug-likeness (QED) is 0.345. The number of carbonyl (C=O) groups is 1. The average Bonchev–Trinajstić information content (AvgIpc) is 2.72. The highest BCUT2D eigenvalue weighted by Gasteiger charge is 2.16. The van der Waals surface area contributed by atoms with Crippen LogP contribution in [0.2, 0.25) is 0 Å². The molecule has 0 fully saturated rings. The zero-order chi connectivity index (χ0) is 20.2. The first-order chi connectivity index (χ1) is 13.7. The summed E-state index contributed by atoms with van der Waals surface area (Å²) in [4.78, 5) is 12.4. The number of nitrogens with zero attached hydrogens (tertiary/aromatic N) is 1. The van der Waals surface area contributed by atoms with Crippen LogP contribution in [0.1, 0.15) is 68.7 Å². The van der Waals surface area contributed by atoms with Crippen LogP contribution in [-0.2, 0) is 22.4 Å². The van der Waals surface area contributed by atoms with Crippen molar-refractivity contribution in [3.8, 4) is 6.07 Å². The maximum atomic E-state index is 12.4. The minimum absolute atomic E-state index is 0.0942. The number of unbranched alkanes of at least 4 members (excludes halogenated alkanes) is 1. The summed E-state index contributed by atoms with van der Waals surface area (Å²) >= 11 is 0. The summed E-state index contributed by atoms with van der Waals surface area (Å²) in [5, 5.41) is 15.3. The summed E-state index contributed by atoms with van der Waals surface area (Å²) in [6.07, 6.45) is 9.29. The minimum Gasteiger partial charge on any atom is -0.390 e. The Morgan fingerprint density at radius 2 is 2.00 bits per heavy atom. The van der Waals surface area contributed by atoms with Crippen molar-refractivity contribution in [2.24, 2.45) is 0 Å². The van der Waals surface area contributed by atoms with Crippen molar-refractivity contribution in [1.29, 1.82) is 5.26 Å². The van der Waals surface area contributed by atoms with E-state index in [4.69, 9.17) is 4.74 Å². The first-order valence-corrected chi connectivity index (χ1v) is 10.5. The number of carbonyl (C=O) groups excluding carboxylic acids is 1. The van der Waals surface area contributed by atoms with E-state index in [0.717, 1.165) is 44.3 Å². The van der Waals surface area contributed by atoms with E-state index in [0.29, 0.717) is 13.2 Å². The van der Waals surface area contributed by atoms with Crippen molar-refractivity contribution in [3.05, 3.63) is 46.7 Å². The third-order valence-electron chi connectivity index (χ3n) is 5.08. The number of fused-ring (bicyclic) bond motifs is 1. The molecule has 5 nitrogen and oxygen atoms in total. The van der Waals surface area contributed by atoms with Gasteiger partial charge in [0.05, 0.1) is 6.04 Å². The highest BCUT2D eigenvalue weighted by Crippen LogP contribution is 2.24. The molecule has 152 valence electrons. The molecular weight excluding hydrogens is 350 g/mol. The average molecular weight is 384 g/mol. The van der Waals surface area contributed by atoms with E-state index < -0.39 is 0 Å². The second kappa shape index (κ2) is 12.2. The summed E-state index contributed by atoms with van der Waals surface area (Å²) in [5.41, 5.74) is 4.00. The largest absolute Gasteiger partial charge is 0.390 e. The summed E-state index contributed by atoms with van der Waals surface area (Å²) < 4.78 is 5.49. The fourth-order valence-electron chi connectivity index (χ4n) is 3.33. The van der Waals surface area contributed by atoms with E-state index >= 15 is 0 Å². The van der Waals surface area contributed by atoms with Gasteiger partial charge < -0.3 is 15.4 Å². The zero-order valence-electron chi connectivity index (χ0n) is 17.2. The lowest BCUT2D eigenvalue weighted by atomic mass is 9.89. The zero-order valence-corrected chi connectivity index (χ0v) is 17.2. The van der Waals surface area contributed by atoms with Crippen molar-refractivity contribution in [2.45, 2.75) is 64.8 Å². The smallest absolute Gasteiger partial charge is 0.263 e. The van der Waals surface area contributed by atoms with Crippen LogP contribution >= 0.6 is 0 Å². The van der Waals surface area contributed by atoms with Crippen LogP contribution < -0.4 is 10.6 Å². The number of hydrogen-bond donors (Lipinski definition) is 2. The fourth-order valence-corrected chi connectivity index (χ4v) is 3.33. The molecule has 2 rings (SSSR count). The first kappa shape index (κ1) is 22.0. The van der Waals surface area contributed by atoms with E-state index in [9.17, 15) is 10.1 Å². The van der Waals surface area contributed by atoms with Crippen molar-refractivity contribution in [1.82, 2.24) is 10.6 Å². The molecule has 1 amide bonds. The Balaban J connectivity index is 1.80. The van der Waals surface area contributed by atoms with Gasteiger partial charge in [-0.15, -0.1) is 0 Å². The molecule has 0 spiro atoms. The summed E-state index contributed by atoms with van der Waals surface area (Å²) in [6.45, 7) is 6.24. The maximum absolute atomic E-state index is 12.4. The van der Waals surface area contributed by atoms with Gasteiger partial charge in [-0.25, -0.2) is 0 Å². The first-order valence-electron chi connectivity index (χ1n) is 10.5. The van der Waals surface area contributed by atoms with Crippen LogP contribution in [0.25, 0.3) is 0 Å². The Morgan fingerprint density at radius 1 is 1.25 bits per heavy atom. The van der Waals surface area contributed by atoms with Gasteiger partial charge in [-0.3, -0.25) is 4.79 Å². The van der Waals surface area contributed by atoms with E-state index in [1.807, 2.05) is 13.0 Å². The molecule has 1 aliphatic rings. The molecule has 0 bridgehead atoms. The number of aryl methyl sites for hydroxylation is 2. The number of nitrogens with one attached hydrogen (secondary N) is 2. The summed E-state index contributed by atoms with van der Waals surface area (Å²) in [5.74, 6) is -0.348. The van der Waals surface area contributed by atoms with Gasteiger partial charge in [-0.1, -0.05) is 31.5 Å². The lowest BCUT2D eigenvalue weighted by molar-refractivity contribution is -0.117. The topological polar surface area (TPSA) is 74.1 Å². The third kappa shape index (κ3) is 7.01. The van der Waals surface area contributed by atoms with Crippen LogP contribution in [-0.4, -0.2) is 25.7 Å². The van der Waals surface area contributed by atoms with Gasteiger partial charge in [-0.05, 0) is 62.1 Å². The highest BCUT2D eigenvalue weighted by atomic mass is 16.5. The van der Waals surface area contributed by atoms with Gasteiger partial charge in [0, 0.05) is 26.0 Å². The molecule has 1 unspecified atom stereocenters. The van der Waals surface area contributed by atoms with Gasteiger partial charge in [-0.2, -0.15) is 5.26 Å². The molecule has 0 saturated carbocycles. The van der Waals surface area contributed by atoms with Gasteiger partial charge in [0.2, 0.25) is 0 Å². The van der Waals surface area contributed by atoms with Crippen LogP contribution in [0.5, 0.6) is 0 Å². The Labute approximate surface area is 169 Å². The van der Waals surface area contributed by atoms with E-state index in [1.165, 1.54) is 30.2 Å². The predicted molar refractivity (Wildman–Crippen MR) is 112 cm³/mol. The van der Waals surface area contributed by atoms with Gasteiger partial charge in [0.25, 0.3) is 5.91 Å². The molecule has 1 aliphatic carbocycles. The Kier molecular flexibility index (Phi) is 9.57. The molecule has 2 N–H and O–H groups in total. The lowest BCUT2D eigenvalue weighted by Gasteiger charge is -2.20. The van der Waals surface area contributed by atoms with Gasteiger partial charge in [0.1, 0.15) is 11.6 Å². The molecule has 0 aromatic heterocycles. The summed E-state index contributed by atoms with van der Waals surface area (Å²) in [7, 11) is 0. The normalized spacial score (nSPS) is 14.7. The third-order valence-corrected chi connectivity index (χ3v) is 5.08. The Morgan fingerprint density at radius 3 is 2.75 bits per heavy atom. The molecule has 1 aromatic rings. The van der Waals surface area contributed by atoms with Crippen LogP contribution in [0.3, 0.4) is 0 Å². The second-order valence-corrected chi connectivity index (χ2v) is 7.37. The van der Waals surface area contributed by atoms with Crippen molar-refractivity contribution < 1.29 is 9.53 Å². The molecule has 28 heavy (non-hydrogen) atoms. The van der Waals surface area contributed by atoms with E-state index in [1.54, 1.807) is 0 Å². The number of hydrogen-bond acceptors (Lipinski definition) is 4. The minimum atomic E-state index is -0.348. The van der Waals surface area contributed by atoms with Crippen molar-refractivity contribution >= 4 is 5.91 Å². The van der Waals surface area contributed by atoms with E-state index in [2.05, 4.69) is 35.8 Å². The predicted octanol–water partition coefficient (Wildman–Crippen LogP) is 3.95. The number of amides is 1. The SMILES string of the molecule is CCCCOCCCN/C=C(/C#N)C(=O)NC(C)c1ccc2c(c1)CCCC2. The highest BCUT2D eigenvalue weighted by molar-refractivity contribution is 5.97. The molecular formula is C23H33N3O2. The Hall–Kier alpha value is -2.32. The fraction of sp³-hybridized carbons (Fsp3) is 0.565. The number of ether oxygens (including phenoxy) is 1. The maximum Gasteiger partial charge on any atom is 0.263 e. The molecule has 0 heterocycles. The molecule has 5 heteroatoms. The Bertz CT molecular complexity index is 706. The molecule has 0 saturated heterocycles. The van der Waals surface area contributed by atoms with Gasteiger partial charge in [0.15, 0.2) is 0 Å². The lowest BCUT2D eigenvalue weighted by Crippen LogP contribution is -2.28. The van der Waals surface area contributed by atoms with Crippen LogP contribution in [0.15, 0.2) is 30.0 Å². The molecule has 1 aromatic carbocycles. The standard InChI is InChI=1S/C23H33N3O2/c1-3-4-13-28-14-7-12-25-17-22(16-24)23(27)26-18(2)20-11-10-19-8-5-6-9-21(19)15-20/h10-11,15,17-18,25H,3-9,12-14H2,1-2H3,(H,26,27)/b22-17-. The molecule has 0 radical (unpaired) electrons. The number of nitriles is 1.